The Morgan fingerprint density at radius 1 is 1.25 bits per heavy atom. The molecule has 4 rings (SSSR count). The average Bonchev–Trinajstić information content (AvgIpc) is 2.96. The molecule has 0 spiro atoms. The normalized spacial score (nSPS) is 14.5. The monoisotopic (exact) mass is 320 g/mol. The number of aromatic nitrogens is 4. The third-order valence-electron chi connectivity index (χ3n) is 4.58. The maximum absolute atomic E-state index is 5.71. The third-order valence-corrected chi connectivity index (χ3v) is 4.58. The molecule has 2 aromatic heterocycles. The first kappa shape index (κ1) is 14.8. The number of benzene rings is 1. The van der Waals surface area contributed by atoms with Crippen LogP contribution in [0.4, 0.5) is 5.95 Å². The van der Waals surface area contributed by atoms with Crippen LogP contribution in [0.1, 0.15) is 22.5 Å². The van der Waals surface area contributed by atoms with E-state index in [-0.39, 0.29) is 0 Å². The van der Waals surface area contributed by atoms with Crippen LogP contribution in [-0.4, -0.2) is 31.6 Å². The summed E-state index contributed by atoms with van der Waals surface area (Å²) in [5.74, 6) is 0.347. The van der Waals surface area contributed by atoms with Gasteiger partial charge in [0.05, 0.1) is 17.1 Å². The molecule has 1 aliphatic heterocycles. The van der Waals surface area contributed by atoms with E-state index < -0.39 is 0 Å². The first-order chi connectivity index (χ1) is 11.7. The molecule has 1 aliphatic rings. The number of nitrogens with one attached hydrogen (secondary N) is 1. The molecule has 0 saturated carbocycles. The molecule has 0 bridgehead atoms. The lowest BCUT2D eigenvalue weighted by Crippen LogP contribution is -2.31. The van der Waals surface area contributed by atoms with Crippen molar-refractivity contribution >= 4 is 5.95 Å². The number of hydrogen-bond acceptors (Lipinski definition) is 5. The van der Waals surface area contributed by atoms with Crippen LogP contribution in [0.5, 0.6) is 0 Å². The minimum absolute atomic E-state index is 0.347. The van der Waals surface area contributed by atoms with Gasteiger partial charge in [0.1, 0.15) is 0 Å². The molecule has 0 radical (unpaired) electrons. The molecule has 3 aromatic rings. The smallest absolute Gasteiger partial charge is 0.220 e. The molecule has 1 aromatic carbocycles. The van der Waals surface area contributed by atoms with Crippen molar-refractivity contribution in [3.05, 3.63) is 59.0 Å². The van der Waals surface area contributed by atoms with Crippen molar-refractivity contribution in [2.24, 2.45) is 0 Å². The van der Waals surface area contributed by atoms with E-state index in [1.54, 1.807) is 0 Å². The molecule has 3 N–H and O–H groups in total. The number of rotatable bonds is 3. The van der Waals surface area contributed by atoms with Crippen molar-refractivity contribution in [1.82, 2.24) is 25.1 Å². The van der Waals surface area contributed by atoms with Gasteiger partial charge in [0, 0.05) is 31.4 Å². The summed E-state index contributed by atoms with van der Waals surface area (Å²) in [5, 5.41) is 7.72. The van der Waals surface area contributed by atoms with E-state index in [1.807, 2.05) is 24.4 Å². The molecular weight excluding hydrogens is 300 g/mol. The highest BCUT2D eigenvalue weighted by Crippen LogP contribution is 2.25. The van der Waals surface area contributed by atoms with Crippen LogP contribution in [0, 0.1) is 6.92 Å². The van der Waals surface area contributed by atoms with Crippen LogP contribution < -0.4 is 5.73 Å². The first-order valence-electron chi connectivity index (χ1n) is 8.12. The van der Waals surface area contributed by atoms with Gasteiger partial charge in [0.25, 0.3) is 0 Å². The van der Waals surface area contributed by atoms with E-state index in [2.05, 4.69) is 44.1 Å². The van der Waals surface area contributed by atoms with E-state index in [4.69, 9.17) is 5.73 Å². The summed E-state index contributed by atoms with van der Waals surface area (Å²) in [6, 6.07) is 10.3. The lowest BCUT2D eigenvalue weighted by Gasteiger charge is -2.27. The Morgan fingerprint density at radius 3 is 2.92 bits per heavy atom. The van der Waals surface area contributed by atoms with Crippen molar-refractivity contribution in [2.75, 3.05) is 12.3 Å². The minimum Gasteiger partial charge on any atom is -0.368 e. The second-order valence-corrected chi connectivity index (χ2v) is 6.20. The summed E-state index contributed by atoms with van der Waals surface area (Å²) >= 11 is 0. The summed E-state index contributed by atoms with van der Waals surface area (Å²) in [5.41, 5.74) is 12.5. The molecule has 0 atom stereocenters. The second kappa shape index (κ2) is 6.05. The fourth-order valence-electron chi connectivity index (χ4n) is 3.20. The molecule has 0 fully saturated rings. The van der Waals surface area contributed by atoms with Gasteiger partial charge in [-0.05, 0) is 24.5 Å². The van der Waals surface area contributed by atoms with Crippen LogP contribution >= 0.6 is 0 Å². The Kier molecular flexibility index (Phi) is 3.74. The zero-order valence-corrected chi connectivity index (χ0v) is 13.7. The van der Waals surface area contributed by atoms with Crippen LogP contribution in [0.3, 0.4) is 0 Å². The Labute approximate surface area is 140 Å². The lowest BCUT2D eigenvalue weighted by molar-refractivity contribution is 0.238. The van der Waals surface area contributed by atoms with Crippen molar-refractivity contribution in [3.63, 3.8) is 0 Å². The highest BCUT2D eigenvalue weighted by molar-refractivity contribution is 5.63. The molecule has 3 heterocycles. The Bertz CT molecular complexity index is 855. The Morgan fingerprint density at radius 2 is 2.08 bits per heavy atom. The molecule has 0 amide bonds. The summed E-state index contributed by atoms with van der Waals surface area (Å²) in [6.07, 6.45) is 2.80. The first-order valence-corrected chi connectivity index (χ1v) is 8.12. The van der Waals surface area contributed by atoms with Crippen molar-refractivity contribution in [2.45, 2.75) is 26.4 Å². The average molecular weight is 320 g/mol. The van der Waals surface area contributed by atoms with Gasteiger partial charge >= 0.3 is 0 Å². The fraction of sp³-hybridized carbons (Fsp3) is 0.278. The highest BCUT2D eigenvalue weighted by Gasteiger charge is 2.20. The largest absolute Gasteiger partial charge is 0.368 e. The van der Waals surface area contributed by atoms with E-state index in [0.717, 1.165) is 48.7 Å². The second-order valence-electron chi connectivity index (χ2n) is 6.20. The van der Waals surface area contributed by atoms with Crippen molar-refractivity contribution < 1.29 is 0 Å². The standard InChI is InChI=1S/C18H20N6/c1-12-15(22-23-17(12)13-5-3-2-4-6-13)10-24-8-7-14-9-20-18(19)21-16(14)11-24/h2-6,9H,7-8,10-11H2,1H3,(H,22,23)(H2,19,20,21). The van der Waals surface area contributed by atoms with Gasteiger partial charge in [-0.15, -0.1) is 0 Å². The zero-order valence-electron chi connectivity index (χ0n) is 13.7. The van der Waals surface area contributed by atoms with E-state index in [0.29, 0.717) is 5.95 Å². The number of nitrogen functional groups attached to an aromatic ring is 1. The van der Waals surface area contributed by atoms with Crippen LogP contribution in [0.15, 0.2) is 36.5 Å². The van der Waals surface area contributed by atoms with Gasteiger partial charge in [0.2, 0.25) is 5.95 Å². The predicted octanol–water partition coefficient (Wildman–Crippen LogP) is 2.32. The van der Waals surface area contributed by atoms with Crippen molar-refractivity contribution in [3.8, 4) is 11.3 Å². The number of aromatic amines is 1. The quantitative estimate of drug-likeness (QED) is 0.774. The van der Waals surface area contributed by atoms with Gasteiger partial charge in [0.15, 0.2) is 0 Å². The number of anilines is 1. The number of hydrogen-bond donors (Lipinski definition) is 2. The van der Waals surface area contributed by atoms with Gasteiger partial charge < -0.3 is 5.73 Å². The van der Waals surface area contributed by atoms with Crippen LogP contribution in [0.2, 0.25) is 0 Å². The van der Waals surface area contributed by atoms with Gasteiger partial charge in [-0.25, -0.2) is 9.97 Å². The summed E-state index contributed by atoms with van der Waals surface area (Å²) < 4.78 is 0. The molecule has 122 valence electrons. The van der Waals surface area contributed by atoms with Crippen molar-refractivity contribution in [1.29, 1.82) is 0 Å². The number of fused-ring (bicyclic) bond motifs is 1. The Balaban J connectivity index is 1.54. The number of H-pyrrole nitrogens is 1. The molecule has 0 unspecified atom stereocenters. The molecule has 24 heavy (non-hydrogen) atoms. The summed E-state index contributed by atoms with van der Waals surface area (Å²) in [4.78, 5) is 10.8. The SMILES string of the molecule is Cc1c(-c2ccccc2)n[nH]c1CN1CCc2cnc(N)nc2C1. The summed E-state index contributed by atoms with van der Waals surface area (Å²) in [6.45, 7) is 4.73. The van der Waals surface area contributed by atoms with E-state index in [9.17, 15) is 0 Å². The van der Waals surface area contributed by atoms with E-state index >= 15 is 0 Å². The fourth-order valence-corrected chi connectivity index (χ4v) is 3.20. The van der Waals surface area contributed by atoms with Crippen LogP contribution in [-0.2, 0) is 19.5 Å². The maximum atomic E-state index is 5.71. The summed E-state index contributed by atoms with van der Waals surface area (Å²) in [7, 11) is 0. The van der Waals surface area contributed by atoms with Gasteiger partial charge in [-0.3, -0.25) is 10.00 Å². The molecule has 0 aliphatic carbocycles. The zero-order chi connectivity index (χ0) is 16.5. The minimum atomic E-state index is 0.347. The highest BCUT2D eigenvalue weighted by atomic mass is 15.2. The predicted molar refractivity (Wildman–Crippen MR) is 93.0 cm³/mol. The Hall–Kier alpha value is -2.73. The van der Waals surface area contributed by atoms with E-state index in [1.165, 1.54) is 11.1 Å². The topological polar surface area (TPSA) is 83.7 Å². The molecular formula is C18H20N6. The third kappa shape index (κ3) is 2.76. The molecule has 0 saturated heterocycles. The maximum Gasteiger partial charge on any atom is 0.220 e. The van der Waals surface area contributed by atoms with Crippen LogP contribution in [0.25, 0.3) is 11.3 Å². The number of nitrogens with zero attached hydrogens (tertiary/aromatic N) is 4. The van der Waals surface area contributed by atoms with Gasteiger partial charge in [-0.2, -0.15) is 5.10 Å². The lowest BCUT2D eigenvalue weighted by atomic mass is 10.0. The molecule has 6 heteroatoms. The van der Waals surface area contributed by atoms with Gasteiger partial charge in [-0.1, -0.05) is 30.3 Å². The molecule has 6 nitrogen and oxygen atoms in total. The number of nitrogens with two attached hydrogens (primary N) is 1.